The molecule has 4 rings (SSSR count). The van der Waals surface area contributed by atoms with E-state index in [4.69, 9.17) is 0 Å². The van der Waals surface area contributed by atoms with Crippen molar-refractivity contribution in [1.29, 1.82) is 0 Å². The van der Waals surface area contributed by atoms with Crippen LogP contribution in [0.3, 0.4) is 0 Å². The molecule has 4 aromatic rings. The van der Waals surface area contributed by atoms with Crippen LogP contribution in [0.2, 0.25) is 0 Å². The van der Waals surface area contributed by atoms with E-state index in [1.165, 1.54) is 6.07 Å². The summed E-state index contributed by atoms with van der Waals surface area (Å²) >= 11 is 0. The summed E-state index contributed by atoms with van der Waals surface area (Å²) in [4.78, 5) is 26.7. The maximum atomic E-state index is 12.2. The summed E-state index contributed by atoms with van der Waals surface area (Å²) in [6, 6.07) is 16.1. The van der Waals surface area contributed by atoms with Gasteiger partial charge in [-0.05, 0) is 47.9 Å². The van der Waals surface area contributed by atoms with Crippen LogP contribution in [-0.2, 0) is 0 Å². The maximum absolute atomic E-state index is 12.2. The van der Waals surface area contributed by atoms with Gasteiger partial charge in [-0.2, -0.15) is 5.10 Å². The molecule has 0 aliphatic heterocycles. The molecule has 0 saturated carbocycles. The van der Waals surface area contributed by atoms with Crippen molar-refractivity contribution in [2.45, 2.75) is 6.92 Å². The molecule has 0 radical (unpaired) electrons. The Labute approximate surface area is 154 Å². The summed E-state index contributed by atoms with van der Waals surface area (Å²) in [5, 5.41) is 13.2. The Kier molecular flexibility index (Phi) is 4.18. The average molecular weight is 359 g/mol. The van der Waals surface area contributed by atoms with Crippen molar-refractivity contribution >= 4 is 28.4 Å². The van der Waals surface area contributed by atoms with Gasteiger partial charge in [0.15, 0.2) is 0 Å². The number of anilines is 2. The van der Waals surface area contributed by atoms with E-state index < -0.39 is 0 Å². The number of pyridine rings is 1. The third kappa shape index (κ3) is 3.57. The van der Waals surface area contributed by atoms with Crippen LogP contribution < -0.4 is 16.2 Å². The molecule has 0 atom stereocenters. The van der Waals surface area contributed by atoms with E-state index in [1.54, 1.807) is 18.3 Å². The van der Waals surface area contributed by atoms with Crippen LogP contribution in [0.4, 0.5) is 16.2 Å². The van der Waals surface area contributed by atoms with Crippen molar-refractivity contribution in [2.24, 2.45) is 0 Å². The Morgan fingerprint density at radius 3 is 2.56 bits per heavy atom. The van der Waals surface area contributed by atoms with Gasteiger partial charge in [0.1, 0.15) is 5.65 Å². The summed E-state index contributed by atoms with van der Waals surface area (Å²) in [7, 11) is 0. The lowest BCUT2D eigenvalue weighted by molar-refractivity contribution is 0.262. The van der Waals surface area contributed by atoms with Crippen molar-refractivity contribution in [1.82, 2.24) is 15.2 Å². The normalized spacial score (nSPS) is 10.7. The Morgan fingerprint density at radius 1 is 1.00 bits per heavy atom. The summed E-state index contributed by atoms with van der Waals surface area (Å²) < 4.78 is 0. The topological polar surface area (TPSA) is 103 Å². The fourth-order valence-electron chi connectivity index (χ4n) is 2.94. The average Bonchev–Trinajstić information content (AvgIpc) is 3.10. The predicted octanol–water partition coefficient (Wildman–Crippen LogP) is 3.87. The standard InChI is InChI=1S/C20H17N5O2/c1-12-3-2-4-15(9-12)23-20(27)22-14-7-5-13(6-8-14)16-10-18(26)24-19-17(16)11-21-25-19/h2-11H,1H3,(H2,22,23,27)(H2,21,24,25,26). The van der Waals surface area contributed by atoms with Gasteiger partial charge in [-0.25, -0.2) is 4.79 Å². The molecule has 7 nitrogen and oxygen atoms in total. The third-order valence-corrected chi connectivity index (χ3v) is 4.18. The summed E-state index contributed by atoms with van der Waals surface area (Å²) in [5.74, 6) is 0. The monoisotopic (exact) mass is 359 g/mol. The molecule has 0 fully saturated rings. The number of amides is 2. The molecule has 0 bridgehead atoms. The molecule has 4 N–H and O–H groups in total. The number of aryl methyl sites for hydroxylation is 1. The zero-order valence-corrected chi connectivity index (χ0v) is 14.5. The SMILES string of the molecule is Cc1cccc(NC(=O)Nc2ccc(-c3cc(=O)[nH]c4[nH]ncc34)cc2)c1. The van der Waals surface area contributed by atoms with Crippen LogP contribution in [0.25, 0.3) is 22.2 Å². The van der Waals surface area contributed by atoms with E-state index in [0.717, 1.165) is 27.8 Å². The number of nitrogens with zero attached hydrogens (tertiary/aromatic N) is 1. The first-order chi connectivity index (χ1) is 13.1. The maximum Gasteiger partial charge on any atom is 0.323 e. The summed E-state index contributed by atoms with van der Waals surface area (Å²) in [5.41, 5.74) is 4.46. The smallest absolute Gasteiger partial charge is 0.308 e. The molecule has 0 unspecified atom stereocenters. The third-order valence-electron chi connectivity index (χ3n) is 4.18. The highest BCUT2D eigenvalue weighted by atomic mass is 16.2. The molecule has 0 spiro atoms. The fraction of sp³-hybridized carbons (Fsp3) is 0.0500. The number of hydrogen-bond acceptors (Lipinski definition) is 3. The van der Waals surface area contributed by atoms with Crippen molar-refractivity contribution in [2.75, 3.05) is 10.6 Å². The van der Waals surface area contributed by atoms with Crippen molar-refractivity contribution < 1.29 is 4.79 Å². The van der Waals surface area contributed by atoms with Gasteiger partial charge in [0, 0.05) is 22.8 Å². The first-order valence-corrected chi connectivity index (χ1v) is 8.40. The van der Waals surface area contributed by atoms with Crippen molar-refractivity contribution in [3.8, 4) is 11.1 Å². The van der Waals surface area contributed by atoms with Gasteiger partial charge in [-0.1, -0.05) is 24.3 Å². The molecule has 7 heteroatoms. The van der Waals surface area contributed by atoms with E-state index in [1.807, 2.05) is 43.3 Å². The minimum Gasteiger partial charge on any atom is -0.308 e. The highest BCUT2D eigenvalue weighted by Crippen LogP contribution is 2.26. The quantitative estimate of drug-likeness (QED) is 0.446. The molecular formula is C20H17N5O2. The molecule has 2 aromatic heterocycles. The van der Waals surface area contributed by atoms with Crippen molar-refractivity contribution in [3.63, 3.8) is 0 Å². The number of carbonyl (C=O) groups excluding carboxylic acids is 1. The number of fused-ring (bicyclic) bond motifs is 1. The lowest BCUT2D eigenvalue weighted by Crippen LogP contribution is -2.19. The molecule has 2 heterocycles. The molecule has 2 amide bonds. The molecule has 0 saturated heterocycles. The number of nitrogens with one attached hydrogen (secondary N) is 4. The second-order valence-electron chi connectivity index (χ2n) is 6.23. The van der Waals surface area contributed by atoms with Crippen LogP contribution in [0.5, 0.6) is 0 Å². The number of benzene rings is 2. The number of rotatable bonds is 3. The fourth-order valence-corrected chi connectivity index (χ4v) is 2.94. The second-order valence-corrected chi connectivity index (χ2v) is 6.23. The van der Waals surface area contributed by atoms with Gasteiger partial charge >= 0.3 is 6.03 Å². The highest BCUT2D eigenvalue weighted by molar-refractivity contribution is 6.00. The van der Waals surface area contributed by atoms with E-state index in [2.05, 4.69) is 25.8 Å². The van der Waals surface area contributed by atoms with Gasteiger partial charge in [0.25, 0.3) is 0 Å². The minimum atomic E-state index is -0.318. The Morgan fingerprint density at radius 2 is 1.78 bits per heavy atom. The van der Waals surface area contributed by atoms with Crippen LogP contribution in [0, 0.1) is 6.92 Å². The Bertz CT molecular complexity index is 1170. The number of hydrogen-bond donors (Lipinski definition) is 4. The number of aromatic nitrogens is 3. The van der Waals surface area contributed by atoms with Gasteiger partial charge < -0.3 is 15.6 Å². The van der Waals surface area contributed by atoms with E-state index in [0.29, 0.717) is 11.3 Å². The van der Waals surface area contributed by atoms with Crippen molar-refractivity contribution in [3.05, 3.63) is 76.7 Å². The van der Waals surface area contributed by atoms with E-state index in [-0.39, 0.29) is 11.6 Å². The molecule has 0 aliphatic rings. The van der Waals surface area contributed by atoms with E-state index >= 15 is 0 Å². The predicted molar refractivity (Wildman–Crippen MR) is 106 cm³/mol. The molecular weight excluding hydrogens is 342 g/mol. The first-order valence-electron chi connectivity index (χ1n) is 8.40. The first kappa shape index (κ1) is 16.6. The van der Waals surface area contributed by atoms with Crippen LogP contribution in [-0.4, -0.2) is 21.2 Å². The minimum absolute atomic E-state index is 0.207. The van der Waals surface area contributed by atoms with Gasteiger partial charge in [0.05, 0.1) is 6.20 Å². The largest absolute Gasteiger partial charge is 0.323 e. The summed E-state index contributed by atoms with van der Waals surface area (Å²) in [6.45, 7) is 1.97. The Balaban J connectivity index is 1.53. The molecule has 27 heavy (non-hydrogen) atoms. The highest BCUT2D eigenvalue weighted by Gasteiger charge is 2.08. The van der Waals surface area contributed by atoms with Gasteiger partial charge in [-0.3, -0.25) is 9.89 Å². The van der Waals surface area contributed by atoms with Crippen LogP contribution >= 0.6 is 0 Å². The van der Waals surface area contributed by atoms with Gasteiger partial charge in [-0.15, -0.1) is 0 Å². The van der Waals surface area contributed by atoms with E-state index in [9.17, 15) is 9.59 Å². The number of H-pyrrole nitrogens is 2. The number of urea groups is 1. The van der Waals surface area contributed by atoms with Crippen LogP contribution in [0.1, 0.15) is 5.56 Å². The molecule has 0 aliphatic carbocycles. The lowest BCUT2D eigenvalue weighted by atomic mass is 10.0. The number of carbonyl (C=O) groups is 1. The lowest BCUT2D eigenvalue weighted by Gasteiger charge is -2.09. The Hall–Kier alpha value is -3.87. The molecule has 134 valence electrons. The second kappa shape index (κ2) is 6.80. The molecule has 2 aromatic carbocycles. The number of aromatic amines is 2. The zero-order chi connectivity index (χ0) is 18.8. The van der Waals surface area contributed by atoms with Gasteiger partial charge in [0.2, 0.25) is 5.56 Å². The zero-order valence-electron chi connectivity index (χ0n) is 14.5. The summed E-state index contributed by atoms with van der Waals surface area (Å²) in [6.07, 6.45) is 1.67. The van der Waals surface area contributed by atoms with Crippen LogP contribution in [0.15, 0.2) is 65.6 Å².